The molecule has 1 heterocycles. The number of ether oxygens (including phenoxy) is 1. The molecular formula is C43H69N9O11. The Morgan fingerprint density at radius 1 is 0.794 bits per heavy atom. The van der Waals surface area contributed by atoms with Crippen molar-refractivity contribution in [2.24, 2.45) is 23.3 Å². The van der Waals surface area contributed by atoms with Crippen molar-refractivity contribution in [2.75, 3.05) is 13.2 Å². The third-order valence-corrected chi connectivity index (χ3v) is 10.8. The van der Waals surface area contributed by atoms with E-state index in [4.69, 9.17) is 16.2 Å². The van der Waals surface area contributed by atoms with Crippen molar-refractivity contribution in [3.8, 4) is 0 Å². The second kappa shape index (κ2) is 24.7. The fourth-order valence-electron chi connectivity index (χ4n) is 6.75. The zero-order chi connectivity index (χ0) is 47.7. The summed E-state index contributed by atoms with van der Waals surface area (Å²) in [6.45, 7) is 12.9. The number of benzene rings is 1. The molecule has 1 saturated heterocycles. The minimum absolute atomic E-state index is 0.0167. The SMILES string of the molecule is CCC(C)(NC(=O)C(C)(C)NC(=O)[C@@H](NC(=O)[C@@H]1CCCN1C(=O)OCc1ccccc1)C(C)C)C(=O)N[C@@H](CCC(N)=O)C(=O)N[C@@H](CCC(N)=O)C(=O)N[C@H](CO)CC(C)C. The lowest BCUT2D eigenvalue weighted by atomic mass is 9.93. The molecule has 0 spiro atoms. The predicted octanol–water partition coefficient (Wildman–Crippen LogP) is 0.132. The average molecular weight is 888 g/mol. The van der Waals surface area contributed by atoms with Crippen molar-refractivity contribution >= 4 is 53.4 Å². The van der Waals surface area contributed by atoms with E-state index in [1.54, 1.807) is 32.9 Å². The van der Waals surface area contributed by atoms with Gasteiger partial charge in [0.05, 0.1) is 12.6 Å². The smallest absolute Gasteiger partial charge is 0.410 e. The van der Waals surface area contributed by atoms with Gasteiger partial charge in [-0.2, -0.15) is 0 Å². The van der Waals surface area contributed by atoms with Crippen molar-refractivity contribution in [3.05, 3.63) is 35.9 Å². The van der Waals surface area contributed by atoms with E-state index in [9.17, 15) is 48.3 Å². The van der Waals surface area contributed by atoms with E-state index in [1.165, 1.54) is 25.7 Å². The fourth-order valence-corrected chi connectivity index (χ4v) is 6.75. The van der Waals surface area contributed by atoms with Gasteiger partial charge >= 0.3 is 6.09 Å². The fraction of sp³-hybridized carbons (Fsp3) is 0.651. The minimum Gasteiger partial charge on any atom is -0.445 e. The van der Waals surface area contributed by atoms with Gasteiger partial charge in [0.1, 0.15) is 41.9 Å². The van der Waals surface area contributed by atoms with Crippen LogP contribution in [0.3, 0.4) is 0 Å². The van der Waals surface area contributed by atoms with E-state index in [0.717, 1.165) is 5.56 Å². The van der Waals surface area contributed by atoms with Crippen LogP contribution >= 0.6 is 0 Å². The zero-order valence-electron chi connectivity index (χ0n) is 37.8. The molecule has 0 saturated carbocycles. The summed E-state index contributed by atoms with van der Waals surface area (Å²) in [5, 5.41) is 25.6. The van der Waals surface area contributed by atoms with Crippen LogP contribution in [0, 0.1) is 11.8 Å². The maximum Gasteiger partial charge on any atom is 0.410 e. The first-order chi connectivity index (χ1) is 29.4. The Balaban J connectivity index is 2.19. The summed E-state index contributed by atoms with van der Waals surface area (Å²) < 4.78 is 5.45. The second-order valence-corrected chi connectivity index (χ2v) is 17.5. The summed E-state index contributed by atoms with van der Waals surface area (Å²) in [5.41, 5.74) is 8.09. The van der Waals surface area contributed by atoms with Gasteiger partial charge in [-0.15, -0.1) is 0 Å². The summed E-state index contributed by atoms with van der Waals surface area (Å²) in [5.74, 6) is -6.41. The molecule has 20 heteroatoms. The number of hydrogen-bond acceptors (Lipinski definition) is 11. The third kappa shape index (κ3) is 17.1. The van der Waals surface area contributed by atoms with Gasteiger partial charge in [-0.05, 0) is 76.7 Å². The van der Waals surface area contributed by atoms with Gasteiger partial charge in [-0.25, -0.2) is 4.79 Å². The highest BCUT2D eigenvalue weighted by Crippen LogP contribution is 2.21. The number of carbonyl (C=O) groups is 9. The van der Waals surface area contributed by atoms with Gasteiger partial charge in [0.25, 0.3) is 0 Å². The topological polar surface area (TPSA) is 311 Å². The van der Waals surface area contributed by atoms with Gasteiger partial charge < -0.3 is 53.2 Å². The van der Waals surface area contributed by atoms with Gasteiger partial charge in [0, 0.05) is 19.4 Å². The van der Waals surface area contributed by atoms with Crippen LogP contribution in [0.1, 0.15) is 112 Å². The van der Waals surface area contributed by atoms with Crippen LogP contribution in [0.4, 0.5) is 4.79 Å². The number of amides is 9. The first-order valence-corrected chi connectivity index (χ1v) is 21.5. The van der Waals surface area contributed by atoms with E-state index in [0.29, 0.717) is 19.3 Å². The first kappa shape index (κ1) is 53.3. The summed E-state index contributed by atoms with van der Waals surface area (Å²) in [6, 6.07) is 3.64. The highest BCUT2D eigenvalue weighted by molar-refractivity contribution is 5.99. The molecule has 0 aliphatic carbocycles. The molecule has 0 radical (unpaired) electrons. The predicted molar refractivity (Wildman–Crippen MR) is 231 cm³/mol. The molecule has 352 valence electrons. The van der Waals surface area contributed by atoms with Crippen molar-refractivity contribution in [1.82, 2.24) is 36.8 Å². The molecule has 20 nitrogen and oxygen atoms in total. The number of nitrogens with zero attached hydrogens (tertiary/aromatic N) is 1. The minimum atomic E-state index is -1.70. The van der Waals surface area contributed by atoms with E-state index in [1.807, 2.05) is 32.0 Å². The maximum atomic E-state index is 13.9. The number of aliphatic hydroxyl groups excluding tert-OH is 1. The van der Waals surface area contributed by atoms with Crippen LogP contribution in [-0.2, 0) is 49.7 Å². The van der Waals surface area contributed by atoms with Crippen molar-refractivity contribution < 1.29 is 53.0 Å². The molecule has 0 bridgehead atoms. The summed E-state index contributed by atoms with van der Waals surface area (Å²) in [6.07, 6.45) is -0.509. The number of hydrogen-bond donors (Lipinski definition) is 9. The van der Waals surface area contributed by atoms with Crippen molar-refractivity contribution in [3.63, 3.8) is 0 Å². The van der Waals surface area contributed by atoms with E-state index < -0.39 is 101 Å². The number of primary amides is 2. The molecule has 6 atom stereocenters. The quantitative estimate of drug-likeness (QED) is 0.0636. The Morgan fingerprint density at radius 2 is 1.37 bits per heavy atom. The molecule has 63 heavy (non-hydrogen) atoms. The van der Waals surface area contributed by atoms with E-state index in [-0.39, 0.29) is 57.8 Å². The molecule has 1 aliphatic rings. The Bertz CT molecular complexity index is 1770. The van der Waals surface area contributed by atoms with E-state index >= 15 is 0 Å². The summed E-state index contributed by atoms with van der Waals surface area (Å²) in [4.78, 5) is 120. The second-order valence-electron chi connectivity index (χ2n) is 17.5. The Kier molecular flexibility index (Phi) is 21.0. The van der Waals surface area contributed by atoms with Crippen LogP contribution in [-0.4, -0.2) is 118 Å². The lowest BCUT2D eigenvalue weighted by Gasteiger charge is -2.35. The number of nitrogens with two attached hydrogens (primary N) is 2. The molecule has 1 unspecified atom stereocenters. The number of aliphatic hydroxyl groups is 1. The first-order valence-electron chi connectivity index (χ1n) is 21.5. The standard InChI is InChI=1S/C43H69N9O11/c1-9-43(8,40(61)48-30(18-20-33(45)55)36(57)47-29(17-19-32(44)54)35(56)46-28(23-53)22-25(2)3)51-39(60)42(6,7)50-38(59)34(26(4)5)49-37(58)31-16-13-21-52(31)41(62)63-24-27-14-11-10-12-15-27/h10-12,14-15,25-26,28-31,34,53H,9,13,16-24H2,1-8H3,(H2,44,54)(H2,45,55)(H,46,56)(H,47,57)(H,48,61)(H,49,58)(H,50,59)(H,51,60)/t28-,29-,30-,31-,34-,43?/m0/s1. The average Bonchev–Trinajstić information content (AvgIpc) is 3.71. The summed E-state index contributed by atoms with van der Waals surface area (Å²) >= 11 is 0. The molecule has 0 aromatic heterocycles. The van der Waals surface area contributed by atoms with Gasteiger partial charge in [0.2, 0.25) is 47.3 Å². The molecule has 1 aromatic rings. The lowest BCUT2D eigenvalue weighted by Crippen LogP contribution is -2.66. The summed E-state index contributed by atoms with van der Waals surface area (Å²) in [7, 11) is 0. The molecule has 2 rings (SSSR count). The van der Waals surface area contributed by atoms with Crippen LogP contribution in [0.2, 0.25) is 0 Å². The molecule has 9 amide bonds. The molecule has 1 fully saturated rings. The normalized spacial score (nSPS) is 16.7. The van der Waals surface area contributed by atoms with Gasteiger partial charge in [-0.1, -0.05) is 65.0 Å². The maximum absolute atomic E-state index is 13.9. The Morgan fingerprint density at radius 3 is 1.89 bits per heavy atom. The van der Waals surface area contributed by atoms with Crippen molar-refractivity contribution in [1.29, 1.82) is 0 Å². The number of nitrogens with one attached hydrogen (secondary N) is 6. The monoisotopic (exact) mass is 888 g/mol. The highest BCUT2D eigenvalue weighted by atomic mass is 16.6. The molecular weight excluding hydrogens is 819 g/mol. The van der Waals surface area contributed by atoms with Gasteiger partial charge in [0.15, 0.2) is 0 Å². The number of carbonyl (C=O) groups excluding carboxylic acids is 9. The molecule has 11 N–H and O–H groups in total. The van der Waals surface area contributed by atoms with Crippen LogP contribution in [0.5, 0.6) is 0 Å². The van der Waals surface area contributed by atoms with Crippen LogP contribution in [0.15, 0.2) is 30.3 Å². The van der Waals surface area contributed by atoms with Crippen molar-refractivity contribution in [2.45, 2.75) is 155 Å². The zero-order valence-corrected chi connectivity index (χ0v) is 37.8. The number of likely N-dealkylation sites (tertiary alicyclic amines) is 1. The Hall–Kier alpha value is -5.79. The van der Waals surface area contributed by atoms with E-state index in [2.05, 4.69) is 31.9 Å². The highest BCUT2D eigenvalue weighted by Gasteiger charge is 2.43. The van der Waals surface area contributed by atoms with Crippen LogP contribution < -0.4 is 43.4 Å². The Labute approximate surface area is 369 Å². The largest absolute Gasteiger partial charge is 0.445 e. The molecule has 1 aliphatic heterocycles. The number of rotatable bonds is 25. The molecule has 1 aromatic carbocycles. The van der Waals surface area contributed by atoms with Gasteiger partial charge in [-0.3, -0.25) is 43.3 Å². The lowest BCUT2D eigenvalue weighted by molar-refractivity contribution is -0.140. The third-order valence-electron chi connectivity index (χ3n) is 10.8. The van der Waals surface area contributed by atoms with Crippen LogP contribution in [0.25, 0.3) is 0 Å².